The summed E-state index contributed by atoms with van der Waals surface area (Å²) in [5.41, 5.74) is 1.65. The number of rotatable bonds is 9. The van der Waals surface area contributed by atoms with Crippen LogP contribution in [-0.2, 0) is 4.79 Å². The highest BCUT2D eigenvalue weighted by Gasteiger charge is 2.24. The SMILES string of the molecule is COc1ccc(-c2csc(N(CCCN3CCCC3=O)C(=O)c3cccs3)n2)cc1OC. The van der Waals surface area contributed by atoms with Gasteiger partial charge in [0.05, 0.1) is 24.8 Å². The molecule has 0 aliphatic carbocycles. The highest BCUT2D eigenvalue weighted by Crippen LogP contribution is 2.34. The zero-order valence-corrected chi connectivity index (χ0v) is 19.7. The van der Waals surface area contributed by atoms with Gasteiger partial charge in [0.15, 0.2) is 16.6 Å². The van der Waals surface area contributed by atoms with E-state index in [1.165, 1.54) is 22.7 Å². The van der Waals surface area contributed by atoms with Gasteiger partial charge in [-0.15, -0.1) is 22.7 Å². The van der Waals surface area contributed by atoms with Gasteiger partial charge < -0.3 is 14.4 Å². The molecule has 7 nitrogen and oxygen atoms in total. The number of likely N-dealkylation sites (tertiary alicyclic amines) is 1. The fraction of sp³-hybridized carbons (Fsp3) is 0.348. The highest BCUT2D eigenvalue weighted by atomic mass is 32.1. The first kappa shape index (κ1) is 22.3. The Morgan fingerprint density at radius 1 is 1.19 bits per heavy atom. The molecule has 0 spiro atoms. The van der Waals surface area contributed by atoms with Crippen molar-refractivity contribution in [3.63, 3.8) is 0 Å². The Kier molecular flexibility index (Phi) is 7.06. The molecule has 9 heteroatoms. The van der Waals surface area contributed by atoms with Crippen LogP contribution in [0.3, 0.4) is 0 Å². The second-order valence-corrected chi connectivity index (χ2v) is 9.14. The number of anilines is 1. The first-order valence-corrected chi connectivity index (χ1v) is 12.2. The van der Waals surface area contributed by atoms with Crippen molar-refractivity contribution in [3.8, 4) is 22.8 Å². The molecule has 1 aliphatic heterocycles. The molecule has 4 rings (SSSR count). The molecule has 32 heavy (non-hydrogen) atoms. The summed E-state index contributed by atoms with van der Waals surface area (Å²) in [7, 11) is 3.20. The molecule has 0 radical (unpaired) electrons. The van der Waals surface area contributed by atoms with E-state index >= 15 is 0 Å². The lowest BCUT2D eigenvalue weighted by atomic mass is 10.1. The lowest BCUT2D eigenvalue weighted by Gasteiger charge is -2.21. The smallest absolute Gasteiger partial charge is 0.270 e. The average molecular weight is 472 g/mol. The number of carbonyl (C=O) groups excluding carboxylic acids is 2. The first-order chi connectivity index (χ1) is 15.6. The van der Waals surface area contributed by atoms with E-state index in [1.807, 2.05) is 46.0 Å². The number of amides is 2. The van der Waals surface area contributed by atoms with Gasteiger partial charge >= 0.3 is 0 Å². The molecular weight excluding hydrogens is 446 g/mol. The summed E-state index contributed by atoms with van der Waals surface area (Å²) in [5.74, 6) is 1.41. The van der Waals surface area contributed by atoms with Crippen LogP contribution in [0.4, 0.5) is 5.13 Å². The van der Waals surface area contributed by atoms with Crippen molar-refractivity contribution in [2.24, 2.45) is 0 Å². The van der Waals surface area contributed by atoms with Gasteiger partial charge in [-0.3, -0.25) is 14.5 Å². The summed E-state index contributed by atoms with van der Waals surface area (Å²) >= 11 is 2.85. The predicted molar refractivity (Wildman–Crippen MR) is 127 cm³/mol. The number of thiazole rings is 1. The van der Waals surface area contributed by atoms with Crippen molar-refractivity contribution >= 4 is 39.6 Å². The monoisotopic (exact) mass is 471 g/mol. The minimum atomic E-state index is -0.0686. The normalized spacial score (nSPS) is 13.4. The Balaban J connectivity index is 1.55. The molecule has 168 valence electrons. The molecular formula is C23H25N3O4S2. The third kappa shape index (κ3) is 4.78. The summed E-state index contributed by atoms with van der Waals surface area (Å²) in [5, 5.41) is 4.47. The number of hydrogen-bond acceptors (Lipinski definition) is 7. The lowest BCUT2D eigenvalue weighted by Crippen LogP contribution is -2.34. The topological polar surface area (TPSA) is 72.0 Å². The number of hydrogen-bond donors (Lipinski definition) is 0. The van der Waals surface area contributed by atoms with Gasteiger partial charge in [-0.25, -0.2) is 4.98 Å². The van der Waals surface area contributed by atoms with E-state index in [0.717, 1.165) is 24.2 Å². The molecule has 0 N–H and O–H groups in total. The van der Waals surface area contributed by atoms with Crippen molar-refractivity contribution < 1.29 is 19.1 Å². The molecule has 3 aromatic rings. The van der Waals surface area contributed by atoms with Crippen LogP contribution in [0.2, 0.25) is 0 Å². The Morgan fingerprint density at radius 2 is 2.03 bits per heavy atom. The number of carbonyl (C=O) groups is 2. The predicted octanol–water partition coefficient (Wildman–Crippen LogP) is 4.55. The van der Waals surface area contributed by atoms with E-state index < -0.39 is 0 Å². The molecule has 0 saturated carbocycles. The Bertz CT molecular complexity index is 1080. The summed E-state index contributed by atoms with van der Waals surface area (Å²) in [6, 6.07) is 9.34. The number of aromatic nitrogens is 1. The van der Waals surface area contributed by atoms with Crippen LogP contribution in [0.25, 0.3) is 11.3 Å². The summed E-state index contributed by atoms with van der Waals surface area (Å²) in [6.45, 7) is 1.96. The van der Waals surface area contributed by atoms with Crippen molar-refractivity contribution in [1.82, 2.24) is 9.88 Å². The van der Waals surface area contributed by atoms with Crippen LogP contribution in [0.5, 0.6) is 11.5 Å². The van der Waals surface area contributed by atoms with E-state index in [2.05, 4.69) is 0 Å². The quantitative estimate of drug-likeness (QED) is 0.458. The Labute approximate surface area is 195 Å². The summed E-state index contributed by atoms with van der Waals surface area (Å²) in [4.78, 5) is 34.2. The lowest BCUT2D eigenvalue weighted by molar-refractivity contribution is -0.127. The van der Waals surface area contributed by atoms with Crippen LogP contribution in [0, 0.1) is 0 Å². The standard InChI is InChI=1S/C23H25N3O4S2/c1-29-18-9-8-16(14-19(18)30-2)17-15-32-23(24-17)26(22(28)20-6-4-13-31-20)12-5-11-25-10-3-7-21(25)27/h4,6,8-9,13-15H,3,5,7,10-12H2,1-2H3. The first-order valence-electron chi connectivity index (χ1n) is 10.4. The molecule has 2 amide bonds. The second kappa shape index (κ2) is 10.1. The highest BCUT2D eigenvalue weighted by molar-refractivity contribution is 7.14. The molecule has 0 unspecified atom stereocenters. The van der Waals surface area contributed by atoms with Gasteiger partial charge in [0.1, 0.15) is 0 Å². The van der Waals surface area contributed by atoms with E-state index in [0.29, 0.717) is 47.4 Å². The number of nitrogens with zero attached hydrogens (tertiary/aromatic N) is 3. The van der Waals surface area contributed by atoms with Crippen LogP contribution in [-0.4, -0.2) is 55.6 Å². The molecule has 1 fully saturated rings. The zero-order chi connectivity index (χ0) is 22.5. The van der Waals surface area contributed by atoms with Gasteiger partial charge in [-0.1, -0.05) is 6.07 Å². The number of ether oxygens (including phenoxy) is 2. The van der Waals surface area contributed by atoms with Gasteiger partial charge in [0, 0.05) is 37.0 Å². The number of methoxy groups -OCH3 is 2. The average Bonchev–Trinajstić information content (AvgIpc) is 3.58. The van der Waals surface area contributed by atoms with Crippen LogP contribution in [0.1, 0.15) is 28.9 Å². The fourth-order valence-corrected chi connectivity index (χ4v) is 5.22. The molecule has 0 bridgehead atoms. The maximum absolute atomic E-state index is 13.2. The molecule has 1 aromatic carbocycles. The van der Waals surface area contributed by atoms with E-state index in [-0.39, 0.29) is 11.8 Å². The molecule has 1 saturated heterocycles. The Morgan fingerprint density at radius 3 is 2.72 bits per heavy atom. The summed E-state index contributed by atoms with van der Waals surface area (Å²) < 4.78 is 10.7. The molecule has 3 heterocycles. The minimum Gasteiger partial charge on any atom is -0.493 e. The summed E-state index contributed by atoms with van der Waals surface area (Å²) in [6.07, 6.45) is 2.24. The van der Waals surface area contributed by atoms with Crippen molar-refractivity contribution in [2.45, 2.75) is 19.3 Å². The fourth-order valence-electron chi connectivity index (χ4n) is 3.69. The van der Waals surface area contributed by atoms with E-state index in [1.54, 1.807) is 19.1 Å². The minimum absolute atomic E-state index is 0.0686. The number of thiophene rings is 1. The van der Waals surface area contributed by atoms with Crippen molar-refractivity contribution in [2.75, 3.05) is 38.8 Å². The van der Waals surface area contributed by atoms with Gasteiger partial charge in [0.25, 0.3) is 5.91 Å². The van der Waals surface area contributed by atoms with Gasteiger partial charge in [-0.2, -0.15) is 0 Å². The van der Waals surface area contributed by atoms with Crippen LogP contribution in [0.15, 0.2) is 41.1 Å². The largest absolute Gasteiger partial charge is 0.493 e. The molecule has 0 atom stereocenters. The maximum Gasteiger partial charge on any atom is 0.270 e. The van der Waals surface area contributed by atoms with Gasteiger partial charge in [0.2, 0.25) is 5.91 Å². The number of benzene rings is 1. The van der Waals surface area contributed by atoms with Crippen LogP contribution >= 0.6 is 22.7 Å². The third-order valence-electron chi connectivity index (χ3n) is 5.36. The third-order valence-corrected chi connectivity index (χ3v) is 7.08. The van der Waals surface area contributed by atoms with E-state index in [9.17, 15) is 9.59 Å². The molecule has 2 aromatic heterocycles. The zero-order valence-electron chi connectivity index (χ0n) is 18.1. The maximum atomic E-state index is 13.2. The van der Waals surface area contributed by atoms with Crippen LogP contribution < -0.4 is 14.4 Å². The van der Waals surface area contributed by atoms with Crippen molar-refractivity contribution in [1.29, 1.82) is 0 Å². The Hall–Kier alpha value is -2.91. The second-order valence-electron chi connectivity index (χ2n) is 7.36. The van der Waals surface area contributed by atoms with Gasteiger partial charge in [-0.05, 0) is 42.5 Å². The van der Waals surface area contributed by atoms with E-state index in [4.69, 9.17) is 14.5 Å². The van der Waals surface area contributed by atoms with Crippen molar-refractivity contribution in [3.05, 3.63) is 46.0 Å². The molecule has 1 aliphatic rings.